The molecule has 0 saturated heterocycles. The van der Waals surface area contributed by atoms with Crippen molar-refractivity contribution in [1.29, 1.82) is 0 Å². The third-order valence-electron chi connectivity index (χ3n) is 3.99. The molecule has 2 aromatic heterocycles. The minimum Gasteiger partial charge on any atom is -0.453 e. The summed E-state index contributed by atoms with van der Waals surface area (Å²) in [5.41, 5.74) is 8.03. The van der Waals surface area contributed by atoms with Crippen LogP contribution in [0.2, 0.25) is 0 Å². The number of aryl methyl sites for hydroxylation is 1. The second-order valence-electron chi connectivity index (χ2n) is 5.80. The fourth-order valence-corrected chi connectivity index (χ4v) is 2.67. The maximum atomic E-state index is 14.4. The maximum Gasteiger partial charge on any atom is 0.237 e. The highest BCUT2D eigenvalue weighted by molar-refractivity contribution is 5.86. The average Bonchev–Trinajstić information content (AvgIpc) is 2.98. The molecule has 130 valence electrons. The highest BCUT2D eigenvalue weighted by Gasteiger charge is 2.15. The fraction of sp³-hybridized carbons (Fsp3) is 0.222. The van der Waals surface area contributed by atoms with Crippen molar-refractivity contribution < 1.29 is 13.9 Å². The van der Waals surface area contributed by atoms with E-state index in [1.165, 1.54) is 19.2 Å². The number of rotatable bonds is 5. The summed E-state index contributed by atoms with van der Waals surface area (Å²) in [6, 6.07) is 5.54. The van der Waals surface area contributed by atoms with Crippen molar-refractivity contribution in [1.82, 2.24) is 15.3 Å². The van der Waals surface area contributed by atoms with Crippen LogP contribution in [-0.2, 0) is 11.2 Å². The van der Waals surface area contributed by atoms with Crippen LogP contribution in [-0.4, -0.2) is 29.0 Å². The highest BCUT2D eigenvalue weighted by Crippen LogP contribution is 2.32. The van der Waals surface area contributed by atoms with Crippen molar-refractivity contribution in [3.8, 4) is 11.5 Å². The van der Waals surface area contributed by atoms with Gasteiger partial charge in [-0.25, -0.2) is 9.37 Å². The number of carbonyl (C=O) groups excluding carboxylic acids is 1. The van der Waals surface area contributed by atoms with E-state index in [1.54, 1.807) is 18.3 Å². The van der Waals surface area contributed by atoms with Crippen LogP contribution >= 0.6 is 0 Å². The van der Waals surface area contributed by atoms with Crippen LogP contribution in [0.3, 0.4) is 0 Å². The van der Waals surface area contributed by atoms with Crippen molar-refractivity contribution in [2.75, 3.05) is 7.05 Å². The molecule has 0 aliphatic carbocycles. The van der Waals surface area contributed by atoms with E-state index in [9.17, 15) is 9.18 Å². The summed E-state index contributed by atoms with van der Waals surface area (Å²) in [7, 11) is 1.51. The minimum absolute atomic E-state index is 0.102. The number of hydrogen-bond donors (Lipinski definition) is 3. The van der Waals surface area contributed by atoms with Gasteiger partial charge in [-0.05, 0) is 42.7 Å². The molecule has 1 atom stereocenters. The Bertz CT molecular complexity index is 923. The predicted octanol–water partition coefficient (Wildman–Crippen LogP) is 2.42. The maximum absolute atomic E-state index is 14.4. The Morgan fingerprint density at radius 2 is 2.20 bits per heavy atom. The number of hydrogen-bond acceptors (Lipinski definition) is 4. The van der Waals surface area contributed by atoms with Gasteiger partial charge in [0.05, 0.1) is 11.4 Å². The molecule has 0 bridgehead atoms. The van der Waals surface area contributed by atoms with Gasteiger partial charge in [-0.2, -0.15) is 0 Å². The van der Waals surface area contributed by atoms with Gasteiger partial charge in [-0.3, -0.25) is 4.79 Å². The zero-order chi connectivity index (χ0) is 18.0. The first kappa shape index (κ1) is 16.9. The SMILES string of the molecule is CNC(=O)[C@@H](N)Cc1ccc(Oc2ccnc3[nH]cc(C)c23)c(F)c1. The third kappa shape index (κ3) is 3.46. The lowest BCUT2D eigenvalue weighted by Crippen LogP contribution is -2.40. The molecule has 7 heteroatoms. The van der Waals surface area contributed by atoms with E-state index < -0.39 is 11.9 Å². The number of ether oxygens (including phenoxy) is 1. The summed E-state index contributed by atoms with van der Waals surface area (Å²) in [5, 5.41) is 3.28. The molecule has 3 aromatic rings. The minimum atomic E-state index is -0.724. The van der Waals surface area contributed by atoms with Crippen LogP contribution in [0.15, 0.2) is 36.7 Å². The molecule has 1 aromatic carbocycles. The Morgan fingerprint density at radius 1 is 1.40 bits per heavy atom. The van der Waals surface area contributed by atoms with Gasteiger partial charge in [-0.1, -0.05) is 6.07 Å². The molecule has 6 nitrogen and oxygen atoms in total. The lowest BCUT2D eigenvalue weighted by molar-refractivity contribution is -0.121. The van der Waals surface area contributed by atoms with Crippen LogP contribution in [0.25, 0.3) is 11.0 Å². The number of amides is 1. The van der Waals surface area contributed by atoms with Crippen molar-refractivity contribution >= 4 is 16.9 Å². The van der Waals surface area contributed by atoms with Gasteiger partial charge in [0, 0.05) is 19.4 Å². The van der Waals surface area contributed by atoms with Gasteiger partial charge in [0.15, 0.2) is 11.6 Å². The van der Waals surface area contributed by atoms with Gasteiger partial charge in [0.25, 0.3) is 0 Å². The first-order valence-electron chi connectivity index (χ1n) is 7.85. The quantitative estimate of drug-likeness (QED) is 0.664. The molecule has 2 heterocycles. The third-order valence-corrected chi connectivity index (χ3v) is 3.99. The molecular formula is C18H19FN4O2. The van der Waals surface area contributed by atoms with E-state index >= 15 is 0 Å². The molecule has 0 fully saturated rings. The molecular weight excluding hydrogens is 323 g/mol. The normalized spacial score (nSPS) is 12.2. The first-order valence-corrected chi connectivity index (χ1v) is 7.85. The summed E-state index contributed by atoms with van der Waals surface area (Å²) in [4.78, 5) is 18.7. The molecule has 0 aliphatic rings. The number of nitrogens with one attached hydrogen (secondary N) is 2. The van der Waals surface area contributed by atoms with E-state index in [0.29, 0.717) is 17.0 Å². The lowest BCUT2D eigenvalue weighted by atomic mass is 10.1. The molecule has 0 spiro atoms. The average molecular weight is 342 g/mol. The summed E-state index contributed by atoms with van der Waals surface area (Å²) in [6.07, 6.45) is 3.67. The number of aromatic amines is 1. The molecule has 4 N–H and O–H groups in total. The Kier molecular flexibility index (Phi) is 4.67. The molecule has 0 aliphatic heterocycles. The second-order valence-corrected chi connectivity index (χ2v) is 5.80. The van der Waals surface area contributed by atoms with E-state index in [4.69, 9.17) is 10.5 Å². The van der Waals surface area contributed by atoms with E-state index in [-0.39, 0.29) is 18.1 Å². The van der Waals surface area contributed by atoms with Gasteiger partial charge < -0.3 is 20.8 Å². The van der Waals surface area contributed by atoms with Crippen LogP contribution in [0.5, 0.6) is 11.5 Å². The molecule has 0 radical (unpaired) electrons. The zero-order valence-corrected chi connectivity index (χ0v) is 14.0. The van der Waals surface area contributed by atoms with Gasteiger partial charge in [-0.15, -0.1) is 0 Å². The van der Waals surface area contributed by atoms with Gasteiger partial charge >= 0.3 is 0 Å². The van der Waals surface area contributed by atoms with Crippen LogP contribution in [0, 0.1) is 12.7 Å². The first-order chi connectivity index (χ1) is 12.0. The van der Waals surface area contributed by atoms with Crippen LogP contribution in [0.1, 0.15) is 11.1 Å². The molecule has 0 unspecified atom stereocenters. The topological polar surface area (TPSA) is 93.0 Å². The Labute approximate surface area is 144 Å². The highest BCUT2D eigenvalue weighted by atomic mass is 19.1. The monoisotopic (exact) mass is 342 g/mol. The number of pyridine rings is 1. The largest absolute Gasteiger partial charge is 0.453 e. The molecule has 3 rings (SSSR count). The second kappa shape index (κ2) is 6.90. The number of halogens is 1. The van der Waals surface area contributed by atoms with Crippen LogP contribution in [0.4, 0.5) is 4.39 Å². The summed E-state index contributed by atoms with van der Waals surface area (Å²) in [6.45, 7) is 1.92. The Balaban J connectivity index is 1.84. The summed E-state index contributed by atoms with van der Waals surface area (Å²) in [5.74, 6) is -0.176. The number of nitrogens with two attached hydrogens (primary N) is 1. The van der Waals surface area contributed by atoms with Crippen molar-refractivity contribution in [2.45, 2.75) is 19.4 Å². The number of carbonyl (C=O) groups is 1. The number of aromatic nitrogens is 2. The van der Waals surface area contributed by atoms with E-state index in [0.717, 1.165) is 10.9 Å². The summed E-state index contributed by atoms with van der Waals surface area (Å²) >= 11 is 0. The summed E-state index contributed by atoms with van der Waals surface area (Å²) < 4.78 is 20.2. The Hall–Kier alpha value is -2.93. The number of H-pyrrole nitrogens is 1. The van der Waals surface area contributed by atoms with E-state index in [1.807, 2.05) is 13.1 Å². The van der Waals surface area contributed by atoms with Gasteiger partial charge in [0.1, 0.15) is 11.4 Å². The number of benzene rings is 1. The van der Waals surface area contributed by atoms with Crippen molar-refractivity contribution in [3.63, 3.8) is 0 Å². The lowest BCUT2D eigenvalue weighted by Gasteiger charge is -2.12. The predicted molar refractivity (Wildman–Crippen MR) is 93.1 cm³/mol. The van der Waals surface area contributed by atoms with Crippen LogP contribution < -0.4 is 15.8 Å². The van der Waals surface area contributed by atoms with Crippen molar-refractivity contribution in [2.24, 2.45) is 5.73 Å². The smallest absolute Gasteiger partial charge is 0.237 e. The molecule has 1 amide bonds. The number of nitrogens with zero attached hydrogens (tertiary/aromatic N) is 1. The van der Waals surface area contributed by atoms with E-state index in [2.05, 4.69) is 15.3 Å². The zero-order valence-electron chi connectivity index (χ0n) is 14.0. The van der Waals surface area contributed by atoms with Gasteiger partial charge in [0.2, 0.25) is 5.91 Å². The Morgan fingerprint density at radius 3 is 2.92 bits per heavy atom. The van der Waals surface area contributed by atoms with Crippen molar-refractivity contribution in [3.05, 3.63) is 53.6 Å². The number of likely N-dealkylation sites (N-methyl/N-ethyl adjacent to an activating group) is 1. The standard InChI is InChI=1S/C18H19FN4O2/c1-10-9-23-17-16(10)15(5-6-22-17)25-14-4-3-11(7-12(14)19)8-13(20)18(24)21-2/h3-7,9,13H,8,20H2,1-2H3,(H,21,24)(H,22,23)/t13-/m0/s1. The number of fused-ring (bicyclic) bond motifs is 1. The molecule has 0 saturated carbocycles. The fourth-order valence-electron chi connectivity index (χ4n) is 2.67. The molecule has 25 heavy (non-hydrogen) atoms.